The maximum Gasteiger partial charge on any atom is 0.267 e. The molecule has 0 radical (unpaired) electrons. The molecule has 0 saturated heterocycles. The van der Waals surface area contributed by atoms with Gasteiger partial charge in [0.1, 0.15) is 0 Å². The Morgan fingerprint density at radius 2 is 2.29 bits per heavy atom. The first kappa shape index (κ1) is 9.93. The van der Waals surface area contributed by atoms with Crippen molar-refractivity contribution in [3.8, 4) is 0 Å². The lowest BCUT2D eigenvalue weighted by Crippen LogP contribution is -1.89. The van der Waals surface area contributed by atoms with Gasteiger partial charge < -0.3 is 0 Å². The van der Waals surface area contributed by atoms with Gasteiger partial charge in [0, 0.05) is 12.1 Å². The molecule has 1 aromatic carbocycles. The van der Waals surface area contributed by atoms with Gasteiger partial charge in [-0.2, -0.15) is 0 Å². The Morgan fingerprint density at radius 3 is 2.71 bits per heavy atom. The van der Waals surface area contributed by atoms with Crippen LogP contribution in [0.3, 0.4) is 0 Å². The average molecular weight is 188 g/mol. The summed E-state index contributed by atoms with van der Waals surface area (Å²) in [6.45, 7) is 12.3. The van der Waals surface area contributed by atoms with Gasteiger partial charge in [-0.05, 0) is 18.6 Å². The lowest BCUT2D eigenvalue weighted by Gasteiger charge is -2.01. The minimum atomic E-state index is -0.486. The quantitative estimate of drug-likeness (QED) is 0.406. The summed E-state index contributed by atoms with van der Waals surface area (Å²) in [5.41, 5.74) is 1.56. The highest BCUT2D eigenvalue weighted by Crippen LogP contribution is 2.29. The van der Waals surface area contributed by atoms with E-state index in [0.29, 0.717) is 16.8 Å². The van der Waals surface area contributed by atoms with E-state index in [2.05, 4.69) is 11.4 Å². The van der Waals surface area contributed by atoms with Crippen LogP contribution in [-0.2, 0) is 0 Å². The maximum absolute atomic E-state index is 10.5. The number of hydrogen-bond acceptors (Lipinski definition) is 2. The zero-order valence-electron chi connectivity index (χ0n) is 7.65. The van der Waals surface area contributed by atoms with Crippen LogP contribution >= 0.6 is 0 Å². The van der Waals surface area contributed by atoms with E-state index in [0.717, 1.165) is 0 Å². The number of nitro groups is 1. The van der Waals surface area contributed by atoms with Crippen LogP contribution in [0.5, 0.6) is 0 Å². The smallest absolute Gasteiger partial charge is 0.258 e. The molecule has 0 aliphatic carbocycles. The normalized spacial score (nSPS) is 9.14. The third-order valence-electron chi connectivity index (χ3n) is 1.77. The summed E-state index contributed by atoms with van der Waals surface area (Å²) in [4.78, 5) is 13.2. The van der Waals surface area contributed by atoms with Gasteiger partial charge in [-0.25, -0.2) is 4.85 Å². The standard InChI is InChI=1S/C10H8N2O2/c1-7(2)9-6-8(12(13)14)4-5-10(9)11-3/h4-6H,1H2,2H3. The first-order valence-electron chi connectivity index (χ1n) is 3.88. The molecule has 1 aromatic rings. The fourth-order valence-electron chi connectivity index (χ4n) is 1.08. The molecular formula is C10H8N2O2. The van der Waals surface area contributed by atoms with Gasteiger partial charge in [0.2, 0.25) is 0 Å². The molecule has 0 aliphatic heterocycles. The molecule has 0 heterocycles. The van der Waals surface area contributed by atoms with E-state index in [1.165, 1.54) is 18.2 Å². The fraction of sp³-hybridized carbons (Fsp3) is 0.100. The summed E-state index contributed by atoms with van der Waals surface area (Å²) in [5.74, 6) is 0. The number of nitrogens with zero attached hydrogens (tertiary/aromatic N) is 2. The summed E-state index contributed by atoms with van der Waals surface area (Å²) in [5, 5.41) is 10.5. The second-order valence-electron chi connectivity index (χ2n) is 2.85. The van der Waals surface area contributed by atoms with E-state index in [1.807, 2.05) is 0 Å². The lowest BCUT2D eigenvalue weighted by atomic mass is 10.1. The highest BCUT2D eigenvalue weighted by Gasteiger charge is 2.10. The summed E-state index contributed by atoms with van der Waals surface area (Å²) >= 11 is 0. The Labute approximate surface area is 81.5 Å². The number of allylic oxidation sites excluding steroid dienone is 1. The van der Waals surface area contributed by atoms with Crippen molar-refractivity contribution < 1.29 is 4.92 Å². The maximum atomic E-state index is 10.5. The fourth-order valence-corrected chi connectivity index (χ4v) is 1.08. The molecule has 1 rings (SSSR count). The molecular weight excluding hydrogens is 180 g/mol. The SMILES string of the molecule is [C-]#[N+]c1ccc([N+](=O)[O-])cc1C(=C)C. The summed E-state index contributed by atoms with van der Waals surface area (Å²) < 4.78 is 0. The number of hydrogen-bond donors (Lipinski definition) is 0. The first-order chi connectivity index (χ1) is 6.56. The topological polar surface area (TPSA) is 47.5 Å². The second-order valence-corrected chi connectivity index (χ2v) is 2.85. The van der Waals surface area contributed by atoms with Crippen molar-refractivity contribution in [2.45, 2.75) is 6.92 Å². The highest BCUT2D eigenvalue weighted by atomic mass is 16.6. The number of benzene rings is 1. The minimum Gasteiger partial charge on any atom is -0.258 e. The van der Waals surface area contributed by atoms with Crippen molar-refractivity contribution >= 4 is 16.9 Å². The van der Waals surface area contributed by atoms with Crippen LogP contribution in [0.4, 0.5) is 11.4 Å². The van der Waals surface area contributed by atoms with Crippen molar-refractivity contribution in [3.05, 3.63) is 51.9 Å². The summed E-state index contributed by atoms with van der Waals surface area (Å²) in [6.07, 6.45) is 0. The zero-order valence-corrected chi connectivity index (χ0v) is 7.65. The van der Waals surface area contributed by atoms with Gasteiger partial charge in [-0.15, -0.1) is 0 Å². The number of rotatable bonds is 2. The van der Waals surface area contributed by atoms with Crippen LogP contribution in [0.15, 0.2) is 24.8 Å². The van der Waals surface area contributed by atoms with Gasteiger partial charge in [0.05, 0.1) is 11.5 Å². The van der Waals surface area contributed by atoms with Crippen molar-refractivity contribution in [1.29, 1.82) is 0 Å². The van der Waals surface area contributed by atoms with Crippen LogP contribution in [0, 0.1) is 16.7 Å². The first-order valence-corrected chi connectivity index (χ1v) is 3.88. The van der Waals surface area contributed by atoms with Crippen molar-refractivity contribution in [3.63, 3.8) is 0 Å². The van der Waals surface area contributed by atoms with E-state index in [9.17, 15) is 10.1 Å². The van der Waals surface area contributed by atoms with Gasteiger partial charge in [-0.3, -0.25) is 10.1 Å². The molecule has 0 spiro atoms. The van der Waals surface area contributed by atoms with Crippen LogP contribution in [0.25, 0.3) is 10.4 Å². The average Bonchev–Trinajstić information content (AvgIpc) is 2.16. The molecule has 0 aliphatic rings. The van der Waals surface area contributed by atoms with Crippen molar-refractivity contribution in [2.75, 3.05) is 0 Å². The predicted molar refractivity (Wildman–Crippen MR) is 54.1 cm³/mol. The van der Waals surface area contributed by atoms with E-state index in [-0.39, 0.29) is 5.69 Å². The predicted octanol–water partition coefficient (Wildman–Crippen LogP) is 3.18. The van der Waals surface area contributed by atoms with Gasteiger partial charge >= 0.3 is 0 Å². The molecule has 0 aromatic heterocycles. The molecule has 0 fully saturated rings. The van der Waals surface area contributed by atoms with Crippen molar-refractivity contribution in [2.24, 2.45) is 0 Å². The number of non-ortho nitro benzene ring substituents is 1. The number of nitro benzene ring substituents is 1. The Balaban J connectivity index is 3.37. The Bertz CT molecular complexity index is 444. The third-order valence-corrected chi connectivity index (χ3v) is 1.77. The van der Waals surface area contributed by atoms with E-state index >= 15 is 0 Å². The largest absolute Gasteiger partial charge is 0.267 e. The highest BCUT2D eigenvalue weighted by molar-refractivity contribution is 5.76. The van der Waals surface area contributed by atoms with Gasteiger partial charge in [0.15, 0.2) is 5.69 Å². The molecule has 0 atom stereocenters. The molecule has 4 nitrogen and oxygen atoms in total. The van der Waals surface area contributed by atoms with Crippen LogP contribution in [-0.4, -0.2) is 4.92 Å². The molecule has 14 heavy (non-hydrogen) atoms. The molecule has 0 N–H and O–H groups in total. The lowest BCUT2D eigenvalue weighted by molar-refractivity contribution is -0.384. The van der Waals surface area contributed by atoms with E-state index in [1.54, 1.807) is 6.92 Å². The molecule has 0 unspecified atom stereocenters. The zero-order chi connectivity index (χ0) is 10.7. The van der Waals surface area contributed by atoms with E-state index < -0.39 is 4.92 Å². The Morgan fingerprint density at radius 1 is 1.64 bits per heavy atom. The minimum absolute atomic E-state index is 0.0181. The molecule has 70 valence electrons. The molecule has 0 amide bonds. The molecule has 4 heteroatoms. The summed E-state index contributed by atoms with van der Waals surface area (Å²) in [7, 11) is 0. The van der Waals surface area contributed by atoms with Crippen LogP contribution in [0.2, 0.25) is 0 Å². The van der Waals surface area contributed by atoms with Crippen molar-refractivity contribution in [1.82, 2.24) is 0 Å². The van der Waals surface area contributed by atoms with Gasteiger partial charge in [0.25, 0.3) is 5.69 Å². The molecule has 0 bridgehead atoms. The van der Waals surface area contributed by atoms with E-state index in [4.69, 9.17) is 6.57 Å². The van der Waals surface area contributed by atoms with Crippen LogP contribution < -0.4 is 0 Å². The third kappa shape index (κ3) is 1.77. The monoisotopic (exact) mass is 188 g/mol. The second kappa shape index (κ2) is 3.71. The molecule has 0 saturated carbocycles. The Kier molecular flexibility index (Phi) is 2.63. The summed E-state index contributed by atoms with van der Waals surface area (Å²) in [6, 6.07) is 4.13. The van der Waals surface area contributed by atoms with Gasteiger partial charge in [-0.1, -0.05) is 12.2 Å². The Hall–Kier alpha value is -2.15. The van der Waals surface area contributed by atoms with Crippen LogP contribution in [0.1, 0.15) is 12.5 Å².